The molecular formula is C19H18N4O3. The van der Waals surface area contributed by atoms with Crippen LogP contribution in [0.2, 0.25) is 0 Å². The largest absolute Gasteiger partial charge is 0.497 e. The lowest BCUT2D eigenvalue weighted by molar-refractivity contribution is 0.250. The van der Waals surface area contributed by atoms with Gasteiger partial charge < -0.3 is 4.74 Å². The standard InChI is InChI=1S/C19H18N4O3/c1-26-16-9-7-15(8-10-16)21-13-17-20-22(19(25)23(17)18(21)24)12-11-14-5-3-2-4-6-14/h2-10H,11-13H2,1H3. The molecule has 0 aliphatic carbocycles. The summed E-state index contributed by atoms with van der Waals surface area (Å²) in [7, 11) is 1.59. The van der Waals surface area contributed by atoms with Gasteiger partial charge in [0.15, 0.2) is 5.82 Å². The summed E-state index contributed by atoms with van der Waals surface area (Å²) >= 11 is 0. The maximum atomic E-state index is 12.7. The zero-order valence-electron chi connectivity index (χ0n) is 14.3. The van der Waals surface area contributed by atoms with Crippen LogP contribution in [-0.4, -0.2) is 27.5 Å². The van der Waals surface area contributed by atoms with E-state index >= 15 is 0 Å². The second-order valence-corrected chi connectivity index (χ2v) is 6.06. The summed E-state index contributed by atoms with van der Waals surface area (Å²) in [6.45, 7) is 0.720. The molecule has 0 saturated heterocycles. The highest BCUT2D eigenvalue weighted by atomic mass is 16.5. The molecule has 2 aromatic carbocycles. The molecule has 132 valence electrons. The second-order valence-electron chi connectivity index (χ2n) is 6.06. The maximum Gasteiger partial charge on any atom is 0.354 e. The fraction of sp³-hybridized carbons (Fsp3) is 0.211. The summed E-state index contributed by atoms with van der Waals surface area (Å²) in [5, 5.41) is 4.35. The summed E-state index contributed by atoms with van der Waals surface area (Å²) in [5.74, 6) is 1.17. The quantitative estimate of drug-likeness (QED) is 0.708. The fourth-order valence-electron chi connectivity index (χ4n) is 3.07. The Bertz CT molecular complexity index is 990. The minimum absolute atomic E-state index is 0.277. The van der Waals surface area contributed by atoms with Crippen LogP contribution in [0.25, 0.3) is 0 Å². The number of aromatic nitrogens is 3. The molecule has 0 saturated carbocycles. The monoisotopic (exact) mass is 350 g/mol. The van der Waals surface area contributed by atoms with Crippen LogP contribution in [-0.2, 0) is 19.5 Å². The molecule has 1 aliphatic heterocycles. The molecule has 0 spiro atoms. The van der Waals surface area contributed by atoms with Crippen LogP contribution in [0.1, 0.15) is 11.4 Å². The van der Waals surface area contributed by atoms with Gasteiger partial charge in [0.2, 0.25) is 0 Å². The summed E-state index contributed by atoms with van der Waals surface area (Å²) in [5.41, 5.74) is 1.44. The molecule has 7 nitrogen and oxygen atoms in total. The molecule has 0 bridgehead atoms. The van der Waals surface area contributed by atoms with Crippen LogP contribution in [0.4, 0.5) is 10.5 Å². The average Bonchev–Trinajstić information content (AvgIpc) is 3.17. The predicted octanol–water partition coefficient (Wildman–Crippen LogP) is 2.28. The highest BCUT2D eigenvalue weighted by Gasteiger charge is 2.33. The van der Waals surface area contributed by atoms with Crippen LogP contribution < -0.4 is 15.3 Å². The maximum absolute atomic E-state index is 12.7. The Labute approximate surface area is 150 Å². The third-order valence-electron chi connectivity index (χ3n) is 4.47. The van der Waals surface area contributed by atoms with Crippen LogP contribution in [0.15, 0.2) is 59.4 Å². The van der Waals surface area contributed by atoms with Gasteiger partial charge in [-0.15, -0.1) is 0 Å². The number of aryl methyl sites for hydroxylation is 2. The zero-order chi connectivity index (χ0) is 18.1. The van der Waals surface area contributed by atoms with E-state index in [-0.39, 0.29) is 12.6 Å². The first kappa shape index (κ1) is 16.1. The predicted molar refractivity (Wildman–Crippen MR) is 96.6 cm³/mol. The van der Waals surface area contributed by atoms with Crippen molar-refractivity contribution in [3.8, 4) is 5.75 Å². The van der Waals surface area contributed by atoms with Crippen LogP contribution in [0.3, 0.4) is 0 Å². The van der Waals surface area contributed by atoms with Crippen LogP contribution in [0.5, 0.6) is 5.75 Å². The van der Waals surface area contributed by atoms with Crippen molar-refractivity contribution < 1.29 is 9.53 Å². The van der Waals surface area contributed by atoms with Gasteiger partial charge in [-0.2, -0.15) is 9.67 Å². The Morgan fingerprint density at radius 2 is 1.77 bits per heavy atom. The van der Waals surface area contributed by atoms with Gasteiger partial charge in [0.1, 0.15) is 5.75 Å². The van der Waals surface area contributed by atoms with Crippen molar-refractivity contribution in [1.29, 1.82) is 0 Å². The number of benzene rings is 2. The van der Waals surface area contributed by atoms with E-state index in [1.54, 1.807) is 31.4 Å². The summed E-state index contributed by atoms with van der Waals surface area (Å²) in [6, 6.07) is 16.6. The summed E-state index contributed by atoms with van der Waals surface area (Å²) in [6.07, 6.45) is 0.688. The van der Waals surface area contributed by atoms with Gasteiger partial charge in [0.05, 0.1) is 20.2 Å². The Kier molecular flexibility index (Phi) is 4.04. The van der Waals surface area contributed by atoms with Crippen molar-refractivity contribution in [2.24, 2.45) is 0 Å². The van der Waals surface area contributed by atoms with E-state index in [1.165, 1.54) is 9.58 Å². The molecule has 0 atom stereocenters. The van der Waals surface area contributed by atoms with Crippen LogP contribution >= 0.6 is 0 Å². The number of rotatable bonds is 5. The molecule has 0 fully saturated rings. The lowest BCUT2D eigenvalue weighted by atomic mass is 10.2. The topological polar surface area (TPSA) is 69.4 Å². The molecular weight excluding hydrogens is 332 g/mol. The van der Waals surface area contributed by atoms with E-state index < -0.39 is 5.69 Å². The van der Waals surface area contributed by atoms with Gasteiger partial charge in [0.25, 0.3) is 0 Å². The number of nitrogens with zero attached hydrogens (tertiary/aromatic N) is 4. The fourth-order valence-corrected chi connectivity index (χ4v) is 3.07. The van der Waals surface area contributed by atoms with Gasteiger partial charge in [-0.1, -0.05) is 30.3 Å². The minimum Gasteiger partial charge on any atom is -0.497 e. The third-order valence-corrected chi connectivity index (χ3v) is 4.47. The number of carbonyl (C=O) groups is 1. The number of hydrogen-bond donors (Lipinski definition) is 0. The van der Waals surface area contributed by atoms with Gasteiger partial charge in [0, 0.05) is 5.69 Å². The smallest absolute Gasteiger partial charge is 0.354 e. The zero-order valence-corrected chi connectivity index (χ0v) is 14.3. The van der Waals surface area contributed by atoms with Gasteiger partial charge in [-0.25, -0.2) is 14.3 Å². The van der Waals surface area contributed by atoms with Crippen molar-refractivity contribution in [3.63, 3.8) is 0 Å². The Balaban J connectivity index is 1.53. The molecule has 1 aliphatic rings. The van der Waals surface area contributed by atoms with Crippen molar-refractivity contribution in [3.05, 3.63) is 76.5 Å². The minimum atomic E-state index is -0.392. The van der Waals surface area contributed by atoms with Crippen LogP contribution in [0, 0.1) is 0 Å². The third kappa shape index (κ3) is 2.77. The second kappa shape index (κ2) is 6.51. The van der Waals surface area contributed by atoms with Crippen molar-refractivity contribution in [2.45, 2.75) is 19.5 Å². The highest BCUT2D eigenvalue weighted by Crippen LogP contribution is 2.24. The van der Waals surface area contributed by atoms with E-state index in [0.29, 0.717) is 30.2 Å². The van der Waals surface area contributed by atoms with Gasteiger partial charge >= 0.3 is 11.7 Å². The number of ether oxygens (including phenoxy) is 1. The van der Waals surface area contributed by atoms with E-state index in [0.717, 1.165) is 10.1 Å². The molecule has 4 rings (SSSR count). The van der Waals surface area contributed by atoms with E-state index in [9.17, 15) is 9.59 Å². The number of fused-ring (bicyclic) bond motifs is 1. The first-order chi connectivity index (χ1) is 12.7. The molecule has 0 radical (unpaired) electrons. The molecule has 1 amide bonds. The number of anilines is 1. The van der Waals surface area contributed by atoms with Crippen molar-refractivity contribution in [2.75, 3.05) is 12.0 Å². The van der Waals surface area contributed by atoms with Gasteiger partial charge in [-0.05, 0) is 36.2 Å². The Morgan fingerprint density at radius 1 is 1.04 bits per heavy atom. The number of methoxy groups -OCH3 is 1. The molecule has 3 aromatic rings. The van der Waals surface area contributed by atoms with E-state index in [1.807, 2.05) is 30.3 Å². The lowest BCUT2D eigenvalue weighted by Gasteiger charge is -2.15. The molecule has 2 heterocycles. The number of hydrogen-bond acceptors (Lipinski definition) is 4. The average molecular weight is 350 g/mol. The number of amides is 1. The normalized spacial score (nSPS) is 13.1. The first-order valence-electron chi connectivity index (χ1n) is 8.36. The lowest BCUT2D eigenvalue weighted by Crippen LogP contribution is -2.35. The molecule has 0 N–H and O–H groups in total. The molecule has 0 unspecified atom stereocenters. The van der Waals surface area contributed by atoms with Crippen molar-refractivity contribution in [1.82, 2.24) is 14.3 Å². The van der Waals surface area contributed by atoms with E-state index in [4.69, 9.17) is 4.74 Å². The molecule has 26 heavy (non-hydrogen) atoms. The molecule has 7 heteroatoms. The summed E-state index contributed by atoms with van der Waals surface area (Å²) in [4.78, 5) is 26.8. The Hall–Kier alpha value is -3.35. The van der Waals surface area contributed by atoms with Gasteiger partial charge in [-0.3, -0.25) is 4.90 Å². The first-order valence-corrected chi connectivity index (χ1v) is 8.36. The SMILES string of the molecule is COc1ccc(N2Cc3nn(CCc4ccccc4)c(=O)n3C2=O)cc1. The van der Waals surface area contributed by atoms with E-state index in [2.05, 4.69) is 5.10 Å². The molecule has 1 aromatic heterocycles. The Morgan fingerprint density at radius 3 is 2.42 bits per heavy atom. The number of carbonyl (C=O) groups excluding carboxylic acids is 1. The summed E-state index contributed by atoms with van der Waals surface area (Å²) < 4.78 is 7.64. The van der Waals surface area contributed by atoms with Crippen molar-refractivity contribution >= 4 is 11.7 Å². The highest BCUT2D eigenvalue weighted by molar-refractivity contribution is 5.96.